The highest BCUT2D eigenvalue weighted by molar-refractivity contribution is 7.89. The summed E-state index contributed by atoms with van der Waals surface area (Å²) >= 11 is 0. The average Bonchev–Trinajstić information content (AvgIpc) is 2.56. The third kappa shape index (κ3) is 4.09. The van der Waals surface area contributed by atoms with Gasteiger partial charge in [-0.25, -0.2) is 12.8 Å². The molecule has 2 fully saturated rings. The van der Waals surface area contributed by atoms with Crippen LogP contribution in [0.5, 0.6) is 0 Å². The maximum atomic E-state index is 13.3. The zero-order valence-corrected chi connectivity index (χ0v) is 14.0. The van der Waals surface area contributed by atoms with Gasteiger partial charge in [0.1, 0.15) is 18.5 Å². The number of hydrogen-bond acceptors (Lipinski definition) is 3. The van der Waals surface area contributed by atoms with E-state index in [2.05, 4.69) is 0 Å². The minimum absolute atomic E-state index is 0.0385. The normalized spacial score (nSPS) is 24.7. The van der Waals surface area contributed by atoms with Crippen LogP contribution in [0.2, 0.25) is 0 Å². The summed E-state index contributed by atoms with van der Waals surface area (Å²) in [6.45, 7) is 4.29. The van der Waals surface area contributed by atoms with E-state index in [-0.39, 0.29) is 4.90 Å². The minimum Gasteiger partial charge on any atom is -0.372 e. The van der Waals surface area contributed by atoms with E-state index in [0.717, 1.165) is 45.1 Å². The lowest BCUT2D eigenvalue weighted by Gasteiger charge is -2.34. The van der Waals surface area contributed by atoms with Crippen molar-refractivity contribution in [3.8, 4) is 0 Å². The molecule has 2 saturated heterocycles. The van der Waals surface area contributed by atoms with Gasteiger partial charge in [0.25, 0.3) is 0 Å². The molecule has 3 rings (SSSR count). The number of halogens is 1. The van der Waals surface area contributed by atoms with Crippen molar-refractivity contribution in [1.82, 2.24) is 4.31 Å². The van der Waals surface area contributed by atoms with Crippen LogP contribution < -0.4 is 4.90 Å². The number of ether oxygens (including phenoxy) is 1. The summed E-state index contributed by atoms with van der Waals surface area (Å²) in [6, 6.07) is 5.23. The first-order valence-electron chi connectivity index (χ1n) is 8.26. The Kier molecular flexibility index (Phi) is 5.31. The molecule has 128 valence electrons. The quantitative estimate of drug-likeness (QED) is 0.855. The second kappa shape index (κ2) is 7.25. The Morgan fingerprint density at radius 1 is 1.26 bits per heavy atom. The van der Waals surface area contributed by atoms with Crippen LogP contribution in [0.3, 0.4) is 0 Å². The highest BCUT2D eigenvalue weighted by Gasteiger charge is 2.31. The van der Waals surface area contributed by atoms with Gasteiger partial charge in [-0.2, -0.15) is 4.31 Å². The van der Waals surface area contributed by atoms with Crippen LogP contribution in [0, 0.1) is 5.82 Å². The third-order valence-corrected chi connectivity index (χ3v) is 6.55. The number of quaternary nitrogens is 1. The van der Waals surface area contributed by atoms with Gasteiger partial charge in [-0.15, -0.1) is 0 Å². The van der Waals surface area contributed by atoms with Crippen LogP contribution in [-0.2, 0) is 14.8 Å². The van der Waals surface area contributed by atoms with Gasteiger partial charge in [-0.1, -0.05) is 6.07 Å². The predicted octanol–water partition coefficient (Wildman–Crippen LogP) is 0.284. The maximum absolute atomic E-state index is 13.3. The zero-order chi connectivity index (χ0) is 16.3. The lowest BCUT2D eigenvalue weighted by molar-refractivity contribution is -0.907. The number of sulfonamides is 1. The summed E-state index contributed by atoms with van der Waals surface area (Å²) in [6.07, 6.45) is 3.78. The molecule has 0 saturated carbocycles. The Morgan fingerprint density at radius 2 is 2.04 bits per heavy atom. The first-order valence-corrected chi connectivity index (χ1v) is 9.70. The van der Waals surface area contributed by atoms with E-state index >= 15 is 0 Å². The van der Waals surface area contributed by atoms with Crippen molar-refractivity contribution in [2.24, 2.45) is 0 Å². The van der Waals surface area contributed by atoms with Gasteiger partial charge in [0, 0.05) is 6.61 Å². The zero-order valence-electron chi connectivity index (χ0n) is 13.2. The van der Waals surface area contributed by atoms with E-state index in [9.17, 15) is 12.8 Å². The molecule has 1 N–H and O–H groups in total. The minimum atomic E-state index is -3.59. The fraction of sp³-hybridized carbons (Fsp3) is 0.625. The van der Waals surface area contributed by atoms with Crippen LogP contribution in [0.1, 0.15) is 19.3 Å². The smallest absolute Gasteiger partial charge is 0.243 e. The van der Waals surface area contributed by atoms with E-state index in [1.165, 1.54) is 33.8 Å². The number of nitrogens with one attached hydrogen (secondary N) is 1. The monoisotopic (exact) mass is 343 g/mol. The van der Waals surface area contributed by atoms with Crippen LogP contribution in [-0.4, -0.2) is 58.2 Å². The van der Waals surface area contributed by atoms with Crippen molar-refractivity contribution in [3.05, 3.63) is 30.1 Å². The standard InChI is InChI=1S/C16H23FN2O3S/c17-14-4-3-6-16(12-14)23(20,21)19-9-7-18(8-10-19)13-15-5-1-2-11-22-15/h3-4,6,12,15H,1-2,5,7-11,13H2/p+1/t15-/m1/s1. The van der Waals surface area contributed by atoms with Crippen molar-refractivity contribution >= 4 is 10.0 Å². The van der Waals surface area contributed by atoms with E-state index in [1.54, 1.807) is 0 Å². The molecule has 2 aliphatic rings. The Labute approximate surface area is 137 Å². The predicted molar refractivity (Wildman–Crippen MR) is 84.3 cm³/mol. The molecule has 2 aliphatic heterocycles. The summed E-state index contributed by atoms with van der Waals surface area (Å²) in [7, 11) is -3.59. The highest BCUT2D eigenvalue weighted by Crippen LogP contribution is 2.16. The molecule has 0 aliphatic carbocycles. The van der Waals surface area contributed by atoms with Crippen molar-refractivity contribution in [2.75, 3.05) is 39.3 Å². The number of rotatable bonds is 4. The van der Waals surface area contributed by atoms with Crippen LogP contribution in [0.4, 0.5) is 4.39 Å². The summed E-state index contributed by atoms with van der Waals surface area (Å²) in [5.74, 6) is -0.523. The van der Waals surface area contributed by atoms with E-state index in [4.69, 9.17) is 4.74 Å². The molecule has 7 heteroatoms. The fourth-order valence-corrected chi connectivity index (χ4v) is 4.79. The third-order valence-electron chi connectivity index (χ3n) is 4.65. The number of hydrogen-bond donors (Lipinski definition) is 1. The molecule has 1 aromatic rings. The lowest BCUT2D eigenvalue weighted by atomic mass is 10.1. The topological polar surface area (TPSA) is 51.0 Å². The van der Waals surface area contributed by atoms with Crippen LogP contribution in [0.15, 0.2) is 29.2 Å². The highest BCUT2D eigenvalue weighted by atomic mass is 32.2. The molecule has 2 heterocycles. The Morgan fingerprint density at radius 3 is 2.70 bits per heavy atom. The van der Waals surface area contributed by atoms with Crippen LogP contribution >= 0.6 is 0 Å². The SMILES string of the molecule is O=S(=O)(c1cccc(F)c1)N1CC[NH+](C[C@H]2CCCCO2)CC1. The molecular weight excluding hydrogens is 319 g/mol. The van der Waals surface area contributed by atoms with Crippen molar-refractivity contribution < 1.29 is 22.4 Å². The van der Waals surface area contributed by atoms with Gasteiger partial charge in [0.15, 0.2) is 0 Å². The van der Waals surface area contributed by atoms with E-state index < -0.39 is 15.8 Å². The Bertz CT molecular complexity index is 624. The van der Waals surface area contributed by atoms with Gasteiger partial charge in [0.2, 0.25) is 10.0 Å². The van der Waals surface area contributed by atoms with Gasteiger partial charge < -0.3 is 9.64 Å². The molecule has 0 unspecified atom stereocenters. The van der Waals surface area contributed by atoms with E-state index in [0.29, 0.717) is 19.2 Å². The second-order valence-corrected chi connectivity index (χ2v) is 8.24. The van der Waals surface area contributed by atoms with Gasteiger partial charge in [0.05, 0.1) is 31.1 Å². The number of benzene rings is 1. The van der Waals surface area contributed by atoms with Crippen LogP contribution in [0.25, 0.3) is 0 Å². The maximum Gasteiger partial charge on any atom is 0.243 e. The molecule has 0 aromatic heterocycles. The Balaban J connectivity index is 1.57. The van der Waals surface area contributed by atoms with E-state index in [1.807, 2.05) is 0 Å². The molecule has 0 radical (unpaired) electrons. The Hall–Kier alpha value is -1.02. The second-order valence-electron chi connectivity index (χ2n) is 6.30. The van der Waals surface area contributed by atoms with Crippen molar-refractivity contribution in [2.45, 2.75) is 30.3 Å². The average molecular weight is 343 g/mol. The van der Waals surface area contributed by atoms with Gasteiger partial charge >= 0.3 is 0 Å². The molecule has 0 amide bonds. The van der Waals surface area contributed by atoms with Gasteiger partial charge in [-0.3, -0.25) is 0 Å². The fourth-order valence-electron chi connectivity index (χ4n) is 3.31. The molecule has 23 heavy (non-hydrogen) atoms. The first-order chi connectivity index (χ1) is 11.1. The molecule has 0 spiro atoms. The molecule has 1 aromatic carbocycles. The largest absolute Gasteiger partial charge is 0.372 e. The van der Waals surface area contributed by atoms with Crippen molar-refractivity contribution in [3.63, 3.8) is 0 Å². The molecule has 0 bridgehead atoms. The van der Waals surface area contributed by atoms with Crippen molar-refractivity contribution in [1.29, 1.82) is 0 Å². The summed E-state index contributed by atoms with van der Waals surface area (Å²) < 4.78 is 45.6. The molecule has 5 nitrogen and oxygen atoms in total. The summed E-state index contributed by atoms with van der Waals surface area (Å²) in [5.41, 5.74) is 0. The lowest BCUT2D eigenvalue weighted by Crippen LogP contribution is -3.15. The molecular formula is C16H24FN2O3S+. The summed E-state index contributed by atoms with van der Waals surface area (Å²) in [5, 5.41) is 0. The van der Waals surface area contributed by atoms with Gasteiger partial charge in [-0.05, 0) is 37.5 Å². The molecule has 1 atom stereocenters. The number of nitrogens with zero attached hydrogens (tertiary/aromatic N) is 1. The first kappa shape index (κ1) is 16.8. The number of piperazine rings is 1. The summed E-state index contributed by atoms with van der Waals surface area (Å²) in [4.78, 5) is 1.43.